The largest absolute Gasteiger partial charge is 0.363 e. The first-order chi connectivity index (χ1) is 11.0. The van der Waals surface area contributed by atoms with Crippen molar-refractivity contribution in [3.05, 3.63) is 45.9 Å². The minimum atomic E-state index is -0.442. The molecule has 0 atom stereocenters. The van der Waals surface area contributed by atoms with Gasteiger partial charge in [-0.25, -0.2) is 4.68 Å². The molecule has 0 saturated carbocycles. The SMILES string of the molecule is CCc1nn(C)c(NCCNC(=O)c2cccnc2)c1[N+](=O)[O-]. The van der Waals surface area contributed by atoms with Gasteiger partial charge in [0.15, 0.2) is 0 Å². The number of pyridine rings is 1. The fourth-order valence-electron chi connectivity index (χ4n) is 2.15. The van der Waals surface area contributed by atoms with E-state index in [0.717, 1.165) is 0 Å². The van der Waals surface area contributed by atoms with Gasteiger partial charge in [-0.15, -0.1) is 0 Å². The lowest BCUT2D eigenvalue weighted by molar-refractivity contribution is -0.384. The van der Waals surface area contributed by atoms with Crippen LogP contribution in [-0.4, -0.2) is 38.7 Å². The summed E-state index contributed by atoms with van der Waals surface area (Å²) in [5.41, 5.74) is 0.875. The van der Waals surface area contributed by atoms with Crippen LogP contribution in [0.2, 0.25) is 0 Å². The van der Waals surface area contributed by atoms with Gasteiger partial charge in [-0.2, -0.15) is 5.10 Å². The molecule has 0 spiro atoms. The van der Waals surface area contributed by atoms with Crippen LogP contribution >= 0.6 is 0 Å². The molecular weight excluding hydrogens is 300 g/mol. The monoisotopic (exact) mass is 318 g/mol. The molecule has 0 unspecified atom stereocenters. The Morgan fingerprint density at radius 1 is 1.43 bits per heavy atom. The summed E-state index contributed by atoms with van der Waals surface area (Å²) < 4.78 is 1.44. The molecule has 0 saturated heterocycles. The average molecular weight is 318 g/mol. The first-order valence-corrected chi connectivity index (χ1v) is 7.17. The number of aromatic nitrogens is 3. The summed E-state index contributed by atoms with van der Waals surface area (Å²) in [5.74, 6) is 0.0936. The molecular formula is C14H18N6O3. The summed E-state index contributed by atoms with van der Waals surface area (Å²) in [6.07, 6.45) is 3.54. The maximum atomic E-state index is 11.8. The minimum Gasteiger partial charge on any atom is -0.363 e. The van der Waals surface area contributed by atoms with E-state index in [-0.39, 0.29) is 11.6 Å². The molecule has 9 nitrogen and oxygen atoms in total. The fraction of sp³-hybridized carbons (Fsp3) is 0.357. The van der Waals surface area contributed by atoms with Crippen molar-refractivity contribution in [2.75, 3.05) is 18.4 Å². The molecule has 2 N–H and O–H groups in total. The summed E-state index contributed by atoms with van der Waals surface area (Å²) in [6, 6.07) is 3.34. The fourth-order valence-corrected chi connectivity index (χ4v) is 2.15. The predicted molar refractivity (Wildman–Crippen MR) is 84.3 cm³/mol. The van der Waals surface area contributed by atoms with Crippen LogP contribution < -0.4 is 10.6 Å². The number of anilines is 1. The number of nitro groups is 1. The van der Waals surface area contributed by atoms with Gasteiger partial charge in [0.1, 0.15) is 5.69 Å². The highest BCUT2D eigenvalue weighted by Gasteiger charge is 2.25. The molecule has 0 aromatic carbocycles. The number of carbonyl (C=O) groups is 1. The number of amides is 1. The van der Waals surface area contributed by atoms with Crippen molar-refractivity contribution >= 4 is 17.4 Å². The second-order valence-electron chi connectivity index (χ2n) is 4.80. The third-order valence-corrected chi connectivity index (χ3v) is 3.24. The number of carbonyl (C=O) groups excluding carboxylic acids is 1. The van der Waals surface area contributed by atoms with Crippen LogP contribution in [0.25, 0.3) is 0 Å². The van der Waals surface area contributed by atoms with Gasteiger partial charge in [0.25, 0.3) is 5.91 Å². The van der Waals surface area contributed by atoms with Crippen molar-refractivity contribution in [1.82, 2.24) is 20.1 Å². The first kappa shape index (κ1) is 16.4. The topological polar surface area (TPSA) is 115 Å². The summed E-state index contributed by atoms with van der Waals surface area (Å²) in [6.45, 7) is 2.47. The van der Waals surface area contributed by atoms with Crippen LogP contribution in [0.3, 0.4) is 0 Å². The summed E-state index contributed by atoms with van der Waals surface area (Å²) >= 11 is 0. The number of nitrogens with one attached hydrogen (secondary N) is 2. The van der Waals surface area contributed by atoms with E-state index < -0.39 is 4.92 Å². The lowest BCUT2D eigenvalue weighted by Gasteiger charge is -2.07. The number of hydrogen-bond donors (Lipinski definition) is 2. The third-order valence-electron chi connectivity index (χ3n) is 3.24. The molecule has 0 bridgehead atoms. The van der Waals surface area contributed by atoms with Crippen LogP contribution in [-0.2, 0) is 13.5 Å². The van der Waals surface area contributed by atoms with Gasteiger partial charge in [0.2, 0.25) is 5.82 Å². The Morgan fingerprint density at radius 2 is 2.22 bits per heavy atom. The Bertz CT molecular complexity index is 698. The molecule has 23 heavy (non-hydrogen) atoms. The van der Waals surface area contributed by atoms with Crippen molar-refractivity contribution in [2.24, 2.45) is 7.05 Å². The smallest absolute Gasteiger partial charge is 0.333 e. The average Bonchev–Trinajstić information content (AvgIpc) is 2.88. The zero-order valence-corrected chi connectivity index (χ0v) is 12.9. The maximum absolute atomic E-state index is 11.8. The quantitative estimate of drug-likeness (QED) is 0.449. The molecule has 1 amide bonds. The lowest BCUT2D eigenvalue weighted by atomic mass is 10.3. The van der Waals surface area contributed by atoms with E-state index in [4.69, 9.17) is 0 Å². The van der Waals surface area contributed by atoms with E-state index in [1.54, 1.807) is 25.4 Å². The predicted octanol–water partition coefficient (Wildman–Crippen LogP) is 1.13. The normalized spacial score (nSPS) is 10.3. The van der Waals surface area contributed by atoms with Crippen molar-refractivity contribution < 1.29 is 9.72 Å². The molecule has 0 aliphatic carbocycles. The van der Waals surface area contributed by atoms with Crippen molar-refractivity contribution in [3.63, 3.8) is 0 Å². The second-order valence-corrected chi connectivity index (χ2v) is 4.80. The maximum Gasteiger partial charge on any atom is 0.333 e. The third kappa shape index (κ3) is 3.82. The molecule has 2 aromatic rings. The van der Waals surface area contributed by atoms with Gasteiger partial charge in [0.05, 0.1) is 10.5 Å². The summed E-state index contributed by atoms with van der Waals surface area (Å²) in [5, 5.41) is 21.0. The van der Waals surface area contributed by atoms with Crippen LogP contribution in [0.5, 0.6) is 0 Å². The molecule has 2 aromatic heterocycles. The standard InChI is InChI=1S/C14H18N6O3/c1-3-11-12(20(22)23)13(19(2)18-11)16-7-8-17-14(21)10-5-4-6-15-9-10/h4-6,9,16H,3,7-8H2,1-2H3,(H,17,21). The van der Waals surface area contributed by atoms with Crippen LogP contribution in [0.1, 0.15) is 23.0 Å². The zero-order chi connectivity index (χ0) is 16.8. The summed E-state index contributed by atoms with van der Waals surface area (Å²) in [7, 11) is 1.64. The van der Waals surface area contributed by atoms with E-state index in [2.05, 4.69) is 20.7 Å². The van der Waals surface area contributed by atoms with E-state index in [1.165, 1.54) is 10.9 Å². The number of aryl methyl sites for hydroxylation is 2. The molecule has 2 rings (SSSR count). The van der Waals surface area contributed by atoms with Gasteiger partial charge in [-0.3, -0.25) is 19.9 Å². The van der Waals surface area contributed by atoms with Gasteiger partial charge in [0, 0.05) is 32.5 Å². The Labute approximate surface area is 132 Å². The highest BCUT2D eigenvalue weighted by atomic mass is 16.6. The highest BCUT2D eigenvalue weighted by molar-refractivity contribution is 5.93. The Balaban J connectivity index is 1.93. The van der Waals surface area contributed by atoms with Gasteiger partial charge in [-0.05, 0) is 18.6 Å². The molecule has 9 heteroatoms. The van der Waals surface area contributed by atoms with E-state index in [0.29, 0.717) is 36.6 Å². The van der Waals surface area contributed by atoms with E-state index in [9.17, 15) is 14.9 Å². The summed E-state index contributed by atoms with van der Waals surface area (Å²) in [4.78, 5) is 26.5. The molecule has 0 aliphatic heterocycles. The molecule has 122 valence electrons. The lowest BCUT2D eigenvalue weighted by Crippen LogP contribution is -2.29. The first-order valence-electron chi connectivity index (χ1n) is 7.17. The molecule has 2 heterocycles. The molecule has 0 fully saturated rings. The van der Waals surface area contributed by atoms with Crippen LogP contribution in [0, 0.1) is 10.1 Å². The Hall–Kier alpha value is -2.97. The van der Waals surface area contributed by atoms with Crippen molar-refractivity contribution in [2.45, 2.75) is 13.3 Å². The Kier molecular flexibility index (Phi) is 5.23. The van der Waals surface area contributed by atoms with E-state index in [1.807, 2.05) is 6.92 Å². The highest BCUT2D eigenvalue weighted by Crippen LogP contribution is 2.27. The van der Waals surface area contributed by atoms with E-state index >= 15 is 0 Å². The van der Waals surface area contributed by atoms with Gasteiger partial charge in [-0.1, -0.05) is 6.92 Å². The number of nitrogens with zero attached hydrogens (tertiary/aromatic N) is 4. The minimum absolute atomic E-state index is 0.0198. The van der Waals surface area contributed by atoms with Crippen molar-refractivity contribution in [1.29, 1.82) is 0 Å². The molecule has 0 aliphatic rings. The van der Waals surface area contributed by atoms with Gasteiger partial charge < -0.3 is 10.6 Å². The molecule has 0 radical (unpaired) electrons. The number of hydrogen-bond acceptors (Lipinski definition) is 6. The van der Waals surface area contributed by atoms with Gasteiger partial charge >= 0.3 is 5.69 Å². The van der Waals surface area contributed by atoms with Crippen LogP contribution in [0.15, 0.2) is 24.5 Å². The second kappa shape index (κ2) is 7.34. The van der Waals surface area contributed by atoms with Crippen molar-refractivity contribution in [3.8, 4) is 0 Å². The zero-order valence-electron chi connectivity index (χ0n) is 12.9. The van der Waals surface area contributed by atoms with Crippen LogP contribution in [0.4, 0.5) is 11.5 Å². The Morgan fingerprint density at radius 3 is 2.83 bits per heavy atom. The number of rotatable bonds is 7.